The van der Waals surface area contributed by atoms with Crippen molar-refractivity contribution in [1.82, 2.24) is 0 Å². The van der Waals surface area contributed by atoms with Gasteiger partial charge in [-0.05, 0) is 0 Å². The zero-order valence-corrected chi connectivity index (χ0v) is 4.55. The lowest BCUT2D eigenvalue weighted by Crippen LogP contribution is -2.18. The molecule has 4 nitrogen and oxygen atoms in total. The van der Waals surface area contributed by atoms with Gasteiger partial charge in [0.15, 0.2) is 6.61 Å². The van der Waals surface area contributed by atoms with E-state index in [1.165, 1.54) is 0 Å². The fourth-order valence-corrected chi connectivity index (χ4v) is 0.172. The summed E-state index contributed by atoms with van der Waals surface area (Å²) in [5.74, 6) is 0. The van der Waals surface area contributed by atoms with E-state index in [1.807, 2.05) is 4.98 Å². The van der Waals surface area contributed by atoms with E-state index in [9.17, 15) is 18.0 Å². The van der Waals surface area contributed by atoms with Crippen molar-refractivity contribution >= 4 is 6.09 Å². The Bertz CT molecular complexity index is 170. The van der Waals surface area contributed by atoms with Gasteiger partial charge in [0, 0.05) is 0 Å². The molecule has 10 heavy (non-hydrogen) atoms. The minimum absolute atomic E-state index is 1.66. The Morgan fingerprint density at radius 2 is 2.10 bits per heavy atom. The molecule has 1 amide bonds. The molecule has 0 fully saturated rings. The molecule has 0 atom stereocenters. The number of rotatable bonds is 1. The third-order valence-electron chi connectivity index (χ3n) is 0.441. The number of carbonyl (C=O) groups is 1. The maximum absolute atomic E-state index is 11.2. The molecule has 0 saturated heterocycles. The van der Waals surface area contributed by atoms with Gasteiger partial charge in [-0.15, -0.1) is 0 Å². The average Bonchev–Trinajstić information content (AvgIpc) is 1.81. The minimum Gasteiger partial charge on any atom is -0.385 e. The summed E-state index contributed by atoms with van der Waals surface area (Å²) in [5.41, 5.74) is 0. The normalized spacial score (nSPS) is 10.2. The van der Waals surface area contributed by atoms with Crippen LogP contribution in [-0.4, -0.2) is 18.9 Å². The fraction of sp³-hybridized carbons (Fsp3) is 0.667. The molecule has 56 valence electrons. The van der Waals surface area contributed by atoms with Crippen LogP contribution in [0.1, 0.15) is 0 Å². The summed E-state index contributed by atoms with van der Waals surface area (Å²) in [4.78, 5) is 11.5. The Labute approximate surface area is 53.2 Å². The van der Waals surface area contributed by atoms with Crippen molar-refractivity contribution in [3.63, 3.8) is 0 Å². The van der Waals surface area contributed by atoms with Crippen LogP contribution in [0.25, 0.3) is 4.98 Å². The second-order valence-electron chi connectivity index (χ2n) is 1.27. The third kappa shape index (κ3) is 4.83. The highest BCUT2D eigenvalue weighted by atomic mass is 19.4. The molecule has 0 radical (unpaired) electrons. The van der Waals surface area contributed by atoms with E-state index < -0.39 is 18.9 Å². The Hall–Kier alpha value is -1.32. The van der Waals surface area contributed by atoms with Gasteiger partial charge < -0.3 is 4.74 Å². The van der Waals surface area contributed by atoms with Crippen molar-refractivity contribution in [2.24, 2.45) is 0 Å². The third-order valence-corrected chi connectivity index (χ3v) is 0.441. The number of halogens is 3. The van der Waals surface area contributed by atoms with Crippen molar-refractivity contribution in [1.29, 1.82) is 5.39 Å². The standard InChI is InChI=1S/C3H2F3N2O2/c4-3(5,6)1-10-2(9)8-7/h1H2/q+1. The Morgan fingerprint density at radius 3 is 2.40 bits per heavy atom. The lowest BCUT2D eigenvalue weighted by molar-refractivity contribution is -0.159. The van der Waals surface area contributed by atoms with Crippen LogP contribution in [0.5, 0.6) is 0 Å². The summed E-state index contributed by atoms with van der Waals surface area (Å²) < 4.78 is 36.8. The molecule has 0 aromatic rings. The molecule has 0 aromatic heterocycles. The maximum atomic E-state index is 11.2. The predicted octanol–water partition coefficient (Wildman–Crippen LogP) is 1.54. The second kappa shape index (κ2) is 3.00. The number of alkyl halides is 3. The van der Waals surface area contributed by atoms with Crippen LogP contribution in [0.3, 0.4) is 0 Å². The van der Waals surface area contributed by atoms with Crippen molar-refractivity contribution in [2.45, 2.75) is 6.18 Å². The molecular weight excluding hydrogens is 153 g/mol. The van der Waals surface area contributed by atoms with Gasteiger partial charge in [-0.1, -0.05) is 0 Å². The number of hydrogen-bond donors (Lipinski definition) is 0. The summed E-state index contributed by atoms with van der Waals surface area (Å²) in [6.07, 6.45) is -6.24. The van der Waals surface area contributed by atoms with Gasteiger partial charge in [0.2, 0.25) is 5.39 Å². The van der Waals surface area contributed by atoms with Crippen molar-refractivity contribution in [2.75, 3.05) is 6.61 Å². The summed E-state index contributed by atoms with van der Waals surface area (Å²) in [5, 5.41) is 7.51. The molecular formula is C3H2F3N2O2+. The first-order valence-corrected chi connectivity index (χ1v) is 2.04. The molecule has 7 heteroatoms. The highest BCUT2D eigenvalue weighted by molar-refractivity contribution is 5.76. The van der Waals surface area contributed by atoms with Crippen molar-refractivity contribution < 1.29 is 22.7 Å². The van der Waals surface area contributed by atoms with Gasteiger partial charge in [-0.25, -0.2) is 0 Å². The van der Waals surface area contributed by atoms with E-state index in [1.54, 1.807) is 0 Å². The largest absolute Gasteiger partial charge is 0.772 e. The van der Waals surface area contributed by atoms with Crippen LogP contribution in [0, 0.1) is 5.39 Å². The highest BCUT2D eigenvalue weighted by Crippen LogP contribution is 2.14. The Morgan fingerprint density at radius 1 is 1.60 bits per heavy atom. The summed E-state index contributed by atoms with van der Waals surface area (Å²) in [6, 6.07) is 0. The molecule has 0 aliphatic carbocycles. The van der Waals surface area contributed by atoms with Crippen LogP contribution in [-0.2, 0) is 4.74 Å². The van der Waals surface area contributed by atoms with Crippen LogP contribution >= 0.6 is 0 Å². The molecule has 0 unspecified atom stereocenters. The molecule has 0 bridgehead atoms. The van der Waals surface area contributed by atoms with Gasteiger partial charge in [0.05, 0.1) is 0 Å². The van der Waals surface area contributed by atoms with Gasteiger partial charge in [-0.3, -0.25) is 0 Å². The maximum Gasteiger partial charge on any atom is 0.772 e. The van der Waals surface area contributed by atoms with Gasteiger partial charge in [0.1, 0.15) is 0 Å². The molecule has 0 aliphatic rings. The average molecular weight is 155 g/mol. The molecule has 0 aliphatic heterocycles. The zero-order chi connectivity index (χ0) is 8.20. The van der Waals surface area contributed by atoms with E-state index in [-0.39, 0.29) is 0 Å². The van der Waals surface area contributed by atoms with E-state index >= 15 is 0 Å². The topological polar surface area (TPSA) is 54.5 Å². The van der Waals surface area contributed by atoms with Crippen LogP contribution in [0.4, 0.5) is 18.0 Å². The predicted molar refractivity (Wildman–Crippen MR) is 22.5 cm³/mol. The van der Waals surface area contributed by atoms with Crippen LogP contribution in [0.2, 0.25) is 0 Å². The van der Waals surface area contributed by atoms with Crippen molar-refractivity contribution in [3.05, 3.63) is 4.98 Å². The number of carbonyl (C=O) groups excluding carboxylic acids is 1. The number of hydrogen-bond acceptors (Lipinski definition) is 3. The van der Waals surface area contributed by atoms with Gasteiger partial charge in [-0.2, -0.15) is 18.0 Å². The SMILES string of the molecule is N#[N+]C(=O)OCC(F)(F)F. The molecule has 0 N–H and O–H groups in total. The summed E-state index contributed by atoms with van der Waals surface area (Å²) in [7, 11) is 0. The molecule has 0 rings (SSSR count). The molecule has 0 aromatic carbocycles. The highest BCUT2D eigenvalue weighted by Gasteiger charge is 2.32. The first-order chi connectivity index (χ1) is 4.45. The van der Waals surface area contributed by atoms with E-state index in [4.69, 9.17) is 5.39 Å². The Kier molecular flexibility index (Phi) is 2.61. The monoisotopic (exact) mass is 155 g/mol. The van der Waals surface area contributed by atoms with E-state index in [2.05, 4.69) is 4.74 Å². The Balaban J connectivity index is 3.58. The van der Waals surface area contributed by atoms with E-state index in [0.29, 0.717) is 0 Å². The first kappa shape index (κ1) is 8.68. The summed E-state index contributed by atoms with van der Waals surface area (Å²) >= 11 is 0. The number of nitrogens with zero attached hydrogens (tertiary/aromatic N) is 2. The number of diazo groups is 1. The van der Waals surface area contributed by atoms with Crippen LogP contribution < -0.4 is 0 Å². The van der Waals surface area contributed by atoms with Gasteiger partial charge in [0.25, 0.3) is 4.98 Å². The van der Waals surface area contributed by atoms with Gasteiger partial charge >= 0.3 is 12.3 Å². The van der Waals surface area contributed by atoms with E-state index in [0.717, 1.165) is 0 Å². The van der Waals surface area contributed by atoms with Crippen LogP contribution in [0.15, 0.2) is 0 Å². The van der Waals surface area contributed by atoms with Crippen molar-refractivity contribution in [3.8, 4) is 0 Å². The fourth-order valence-electron chi connectivity index (χ4n) is 0.172. The molecule has 0 heterocycles. The first-order valence-electron chi connectivity index (χ1n) is 2.04. The quantitative estimate of drug-likeness (QED) is 0.539. The smallest absolute Gasteiger partial charge is 0.385 e. The second-order valence-corrected chi connectivity index (χ2v) is 1.27. The lowest BCUT2D eigenvalue weighted by Gasteiger charge is -1.99. The molecule has 0 saturated carbocycles. The lowest BCUT2D eigenvalue weighted by atomic mass is 10.7. The molecule has 0 spiro atoms. The summed E-state index contributed by atoms with van der Waals surface area (Å²) in [6.45, 7) is -1.74. The minimum atomic E-state index is -4.58. The number of amides is 1. The number of ether oxygens (including phenoxy) is 1. The zero-order valence-electron chi connectivity index (χ0n) is 4.55.